The molecule has 17 heavy (non-hydrogen) atoms. The second-order valence-corrected chi connectivity index (χ2v) is 5.53. The Morgan fingerprint density at radius 2 is 2.29 bits per heavy atom. The van der Waals surface area contributed by atoms with Crippen molar-refractivity contribution in [3.05, 3.63) is 29.8 Å². The van der Waals surface area contributed by atoms with Crippen LogP contribution < -0.4 is 4.74 Å². The number of hydrogen-bond acceptors (Lipinski definition) is 3. The lowest BCUT2D eigenvalue weighted by Gasteiger charge is -2.27. The number of hydrogen-bond donors (Lipinski definition) is 0. The molecule has 0 saturated carbocycles. The van der Waals surface area contributed by atoms with Crippen LogP contribution in [0, 0.1) is 5.92 Å². The van der Waals surface area contributed by atoms with Crippen LogP contribution in [0.15, 0.2) is 24.3 Å². The lowest BCUT2D eigenvalue weighted by Crippen LogP contribution is -2.21. The van der Waals surface area contributed by atoms with Crippen molar-refractivity contribution in [2.75, 3.05) is 18.6 Å². The molecule has 1 aromatic carbocycles. The third-order valence-corrected chi connectivity index (χ3v) is 4.59. The highest BCUT2D eigenvalue weighted by Crippen LogP contribution is 2.37. The van der Waals surface area contributed by atoms with Crippen molar-refractivity contribution in [2.45, 2.75) is 18.8 Å². The summed E-state index contributed by atoms with van der Waals surface area (Å²) < 4.78 is 5.35. The highest BCUT2D eigenvalue weighted by Gasteiger charge is 2.26. The third-order valence-electron chi connectivity index (χ3n) is 3.35. The average molecular weight is 250 g/mol. The Morgan fingerprint density at radius 1 is 1.47 bits per heavy atom. The van der Waals surface area contributed by atoms with Crippen LogP contribution in [0.25, 0.3) is 0 Å². The SMILES string of the molecule is COc1ccccc1C(C=O)C1CCCSC1. The van der Waals surface area contributed by atoms with Crippen molar-refractivity contribution < 1.29 is 9.53 Å². The molecule has 0 N–H and O–H groups in total. The van der Waals surface area contributed by atoms with Gasteiger partial charge in [0.1, 0.15) is 12.0 Å². The van der Waals surface area contributed by atoms with E-state index in [0.717, 1.165) is 29.8 Å². The lowest BCUT2D eigenvalue weighted by molar-refractivity contribution is -0.110. The van der Waals surface area contributed by atoms with Crippen LogP contribution in [0.4, 0.5) is 0 Å². The van der Waals surface area contributed by atoms with Crippen molar-refractivity contribution in [3.8, 4) is 5.75 Å². The van der Waals surface area contributed by atoms with E-state index in [9.17, 15) is 4.79 Å². The van der Waals surface area contributed by atoms with Gasteiger partial charge in [-0.15, -0.1) is 0 Å². The van der Waals surface area contributed by atoms with Gasteiger partial charge in [-0.25, -0.2) is 0 Å². The minimum Gasteiger partial charge on any atom is -0.496 e. The Kier molecular flexibility index (Phi) is 4.49. The molecule has 0 bridgehead atoms. The molecule has 1 saturated heterocycles. The first kappa shape index (κ1) is 12.5. The van der Waals surface area contributed by atoms with Crippen LogP contribution in [0.2, 0.25) is 0 Å². The molecule has 1 aliphatic rings. The van der Waals surface area contributed by atoms with Crippen LogP contribution in [-0.4, -0.2) is 24.9 Å². The minimum atomic E-state index is -0.0149. The first-order valence-corrected chi connectivity index (χ1v) is 7.18. The van der Waals surface area contributed by atoms with Crippen LogP contribution in [0.1, 0.15) is 24.3 Å². The standard InChI is InChI=1S/C14H18O2S/c1-16-14-7-3-2-6-12(14)13(9-15)11-5-4-8-17-10-11/h2-3,6-7,9,11,13H,4-5,8,10H2,1H3. The third kappa shape index (κ3) is 2.83. The predicted octanol–water partition coefficient (Wildman–Crippen LogP) is 3.12. The molecule has 2 rings (SSSR count). The highest BCUT2D eigenvalue weighted by molar-refractivity contribution is 7.99. The molecular weight excluding hydrogens is 232 g/mol. The van der Waals surface area contributed by atoms with Gasteiger partial charge in [-0.05, 0) is 36.3 Å². The zero-order valence-electron chi connectivity index (χ0n) is 10.1. The highest BCUT2D eigenvalue weighted by atomic mass is 32.2. The largest absolute Gasteiger partial charge is 0.496 e. The van der Waals surface area contributed by atoms with E-state index < -0.39 is 0 Å². The Morgan fingerprint density at radius 3 is 2.94 bits per heavy atom. The summed E-state index contributed by atoms with van der Waals surface area (Å²) in [5.41, 5.74) is 1.04. The number of para-hydroxylation sites is 1. The second-order valence-electron chi connectivity index (χ2n) is 4.38. The number of aldehydes is 1. The quantitative estimate of drug-likeness (QED) is 0.768. The predicted molar refractivity (Wildman–Crippen MR) is 71.8 cm³/mol. The maximum absolute atomic E-state index is 11.4. The number of methoxy groups -OCH3 is 1. The van der Waals surface area contributed by atoms with E-state index in [1.165, 1.54) is 12.2 Å². The number of carbonyl (C=O) groups is 1. The van der Waals surface area contributed by atoms with Gasteiger partial charge >= 0.3 is 0 Å². The van der Waals surface area contributed by atoms with Gasteiger partial charge in [0.15, 0.2) is 0 Å². The zero-order valence-corrected chi connectivity index (χ0v) is 10.9. The molecule has 92 valence electrons. The smallest absolute Gasteiger partial charge is 0.127 e. The van der Waals surface area contributed by atoms with Gasteiger partial charge in [-0.3, -0.25) is 0 Å². The molecule has 2 unspecified atom stereocenters. The molecule has 0 amide bonds. The van der Waals surface area contributed by atoms with Crippen molar-refractivity contribution in [2.24, 2.45) is 5.92 Å². The Hall–Kier alpha value is -0.960. The fourth-order valence-corrected chi connectivity index (χ4v) is 3.64. The molecule has 0 radical (unpaired) electrons. The number of benzene rings is 1. The number of thioether (sulfide) groups is 1. The summed E-state index contributed by atoms with van der Waals surface area (Å²) >= 11 is 1.96. The first-order chi connectivity index (χ1) is 8.36. The number of rotatable bonds is 4. The molecular formula is C14H18O2S. The van der Waals surface area contributed by atoms with E-state index in [-0.39, 0.29) is 5.92 Å². The van der Waals surface area contributed by atoms with Gasteiger partial charge in [0.05, 0.1) is 7.11 Å². The number of carbonyl (C=O) groups excluding carboxylic acids is 1. The Labute approximate surface area is 107 Å². The second kappa shape index (κ2) is 6.10. The summed E-state index contributed by atoms with van der Waals surface area (Å²) in [7, 11) is 1.66. The van der Waals surface area contributed by atoms with Gasteiger partial charge in [-0.2, -0.15) is 11.8 Å². The van der Waals surface area contributed by atoms with Crippen LogP contribution in [0.5, 0.6) is 5.75 Å². The van der Waals surface area contributed by atoms with Crippen LogP contribution in [0.3, 0.4) is 0 Å². The summed E-state index contributed by atoms with van der Waals surface area (Å²) in [6.07, 6.45) is 3.46. The molecule has 1 aliphatic heterocycles. The van der Waals surface area contributed by atoms with Crippen molar-refractivity contribution >= 4 is 18.0 Å². The van der Waals surface area contributed by atoms with E-state index in [1.807, 2.05) is 36.0 Å². The fraction of sp³-hybridized carbons (Fsp3) is 0.500. The lowest BCUT2D eigenvalue weighted by atomic mass is 9.85. The van der Waals surface area contributed by atoms with Crippen molar-refractivity contribution in [3.63, 3.8) is 0 Å². The molecule has 0 spiro atoms. The fourth-order valence-electron chi connectivity index (χ4n) is 2.43. The maximum atomic E-state index is 11.4. The topological polar surface area (TPSA) is 26.3 Å². The Bertz CT molecular complexity index is 372. The summed E-state index contributed by atoms with van der Waals surface area (Å²) in [6, 6.07) is 7.86. The molecule has 0 aliphatic carbocycles. The molecule has 1 fully saturated rings. The summed E-state index contributed by atoms with van der Waals surface area (Å²) in [4.78, 5) is 11.4. The zero-order chi connectivity index (χ0) is 12.1. The van der Waals surface area contributed by atoms with Crippen molar-refractivity contribution in [1.29, 1.82) is 0 Å². The van der Waals surface area contributed by atoms with E-state index in [2.05, 4.69) is 0 Å². The van der Waals surface area contributed by atoms with Gasteiger partial charge < -0.3 is 9.53 Å². The molecule has 1 aromatic rings. The summed E-state index contributed by atoms with van der Waals surface area (Å²) in [5.74, 6) is 3.59. The summed E-state index contributed by atoms with van der Waals surface area (Å²) in [5, 5.41) is 0. The molecule has 2 nitrogen and oxygen atoms in total. The number of ether oxygens (including phenoxy) is 1. The van der Waals surface area contributed by atoms with E-state index in [4.69, 9.17) is 4.74 Å². The van der Waals surface area contributed by atoms with E-state index in [1.54, 1.807) is 7.11 Å². The van der Waals surface area contributed by atoms with E-state index in [0.29, 0.717) is 5.92 Å². The van der Waals surface area contributed by atoms with Crippen LogP contribution in [-0.2, 0) is 4.79 Å². The average Bonchev–Trinajstić information content (AvgIpc) is 2.41. The van der Waals surface area contributed by atoms with Crippen LogP contribution >= 0.6 is 11.8 Å². The molecule has 2 atom stereocenters. The van der Waals surface area contributed by atoms with Gasteiger partial charge in [0.25, 0.3) is 0 Å². The summed E-state index contributed by atoms with van der Waals surface area (Å²) in [6.45, 7) is 0. The normalized spacial score (nSPS) is 21.8. The monoisotopic (exact) mass is 250 g/mol. The molecule has 1 heterocycles. The maximum Gasteiger partial charge on any atom is 0.127 e. The van der Waals surface area contributed by atoms with Gasteiger partial charge in [-0.1, -0.05) is 18.2 Å². The first-order valence-electron chi connectivity index (χ1n) is 6.02. The van der Waals surface area contributed by atoms with Gasteiger partial charge in [0, 0.05) is 11.5 Å². The van der Waals surface area contributed by atoms with E-state index >= 15 is 0 Å². The Balaban J connectivity index is 2.24. The van der Waals surface area contributed by atoms with Gasteiger partial charge in [0.2, 0.25) is 0 Å². The minimum absolute atomic E-state index is 0.0149. The molecule has 3 heteroatoms. The van der Waals surface area contributed by atoms with Crippen molar-refractivity contribution in [1.82, 2.24) is 0 Å². The molecule has 0 aromatic heterocycles.